The van der Waals surface area contributed by atoms with Gasteiger partial charge in [0.15, 0.2) is 0 Å². The van der Waals surface area contributed by atoms with Gasteiger partial charge in [0.05, 0.1) is 13.2 Å². The molecule has 0 saturated carbocycles. The van der Waals surface area contributed by atoms with Crippen LogP contribution >= 0.6 is 0 Å². The van der Waals surface area contributed by atoms with E-state index in [1.807, 2.05) is 0 Å². The van der Waals surface area contributed by atoms with Gasteiger partial charge in [0.1, 0.15) is 0 Å². The van der Waals surface area contributed by atoms with Crippen LogP contribution in [0.25, 0.3) is 0 Å². The molecule has 0 heterocycles. The van der Waals surface area contributed by atoms with Crippen molar-refractivity contribution in [2.75, 3.05) is 39.4 Å². The third-order valence-electron chi connectivity index (χ3n) is 2.93. The van der Waals surface area contributed by atoms with Gasteiger partial charge in [-0.3, -0.25) is 0 Å². The van der Waals surface area contributed by atoms with Crippen LogP contribution in [0.3, 0.4) is 0 Å². The summed E-state index contributed by atoms with van der Waals surface area (Å²) in [5.74, 6) is 0.833. The minimum atomic E-state index is 0.624. The van der Waals surface area contributed by atoms with Crippen molar-refractivity contribution >= 4 is 0 Å². The summed E-state index contributed by atoms with van der Waals surface area (Å²) in [5, 5.41) is 0. The fourth-order valence-corrected chi connectivity index (χ4v) is 1.67. The molecule has 0 radical (unpaired) electrons. The van der Waals surface area contributed by atoms with Crippen LogP contribution in [0.2, 0.25) is 0 Å². The summed E-state index contributed by atoms with van der Waals surface area (Å²) in [6, 6.07) is 0. The molecule has 0 aliphatic carbocycles. The molecule has 0 spiro atoms. The first-order valence-electron chi connectivity index (χ1n) is 6.28. The molecule has 0 rings (SSSR count). The molecule has 0 fully saturated rings. The predicted octanol–water partition coefficient (Wildman–Crippen LogP) is 1.72. The second-order valence-corrected chi connectivity index (χ2v) is 3.98. The molecule has 92 valence electrons. The monoisotopic (exact) mass is 216 g/mol. The highest BCUT2D eigenvalue weighted by atomic mass is 16.5. The van der Waals surface area contributed by atoms with E-state index in [9.17, 15) is 0 Å². The van der Waals surface area contributed by atoms with Crippen molar-refractivity contribution < 1.29 is 4.74 Å². The first-order chi connectivity index (χ1) is 7.28. The number of likely N-dealkylation sites (N-methyl/N-ethyl adjacent to an activating group) is 1. The van der Waals surface area contributed by atoms with E-state index in [1.165, 1.54) is 19.4 Å². The highest BCUT2D eigenvalue weighted by Gasteiger charge is 2.09. The summed E-state index contributed by atoms with van der Waals surface area (Å²) >= 11 is 0. The van der Waals surface area contributed by atoms with Crippen LogP contribution in [0.1, 0.15) is 33.6 Å². The lowest BCUT2D eigenvalue weighted by atomic mass is 10.0. The van der Waals surface area contributed by atoms with Gasteiger partial charge in [-0.1, -0.05) is 33.6 Å². The van der Waals surface area contributed by atoms with Crippen molar-refractivity contribution in [3.05, 3.63) is 0 Å². The third kappa shape index (κ3) is 7.77. The van der Waals surface area contributed by atoms with E-state index in [-0.39, 0.29) is 0 Å². The normalized spacial score (nSPS) is 11.6. The summed E-state index contributed by atoms with van der Waals surface area (Å²) in [5.41, 5.74) is 5.36. The van der Waals surface area contributed by atoms with Crippen LogP contribution in [0, 0.1) is 5.92 Å². The molecular weight excluding hydrogens is 188 g/mol. The van der Waals surface area contributed by atoms with E-state index in [0.29, 0.717) is 13.2 Å². The average molecular weight is 216 g/mol. The lowest BCUT2D eigenvalue weighted by Crippen LogP contribution is -2.32. The molecule has 0 saturated heterocycles. The highest BCUT2D eigenvalue weighted by molar-refractivity contribution is 4.62. The summed E-state index contributed by atoms with van der Waals surface area (Å²) in [6.45, 7) is 12.2. The van der Waals surface area contributed by atoms with E-state index in [0.717, 1.165) is 25.6 Å². The fourth-order valence-electron chi connectivity index (χ4n) is 1.67. The van der Waals surface area contributed by atoms with Gasteiger partial charge in [-0.2, -0.15) is 0 Å². The van der Waals surface area contributed by atoms with E-state index in [1.54, 1.807) is 0 Å². The fraction of sp³-hybridized carbons (Fsp3) is 1.00. The van der Waals surface area contributed by atoms with Gasteiger partial charge in [-0.15, -0.1) is 0 Å². The molecule has 0 unspecified atom stereocenters. The van der Waals surface area contributed by atoms with Gasteiger partial charge in [0, 0.05) is 19.6 Å². The number of ether oxygens (including phenoxy) is 1. The molecular formula is C12H28N2O. The van der Waals surface area contributed by atoms with Crippen molar-refractivity contribution in [1.29, 1.82) is 0 Å². The number of hydrogen-bond donors (Lipinski definition) is 1. The lowest BCUT2D eigenvalue weighted by Gasteiger charge is -2.24. The minimum absolute atomic E-state index is 0.624. The number of hydrogen-bond acceptors (Lipinski definition) is 3. The van der Waals surface area contributed by atoms with E-state index >= 15 is 0 Å². The Hall–Kier alpha value is -0.120. The Kier molecular flexibility index (Phi) is 10.3. The van der Waals surface area contributed by atoms with E-state index in [2.05, 4.69) is 25.7 Å². The third-order valence-corrected chi connectivity index (χ3v) is 2.93. The van der Waals surface area contributed by atoms with Crippen molar-refractivity contribution in [2.45, 2.75) is 33.6 Å². The maximum atomic E-state index is 5.40. The minimum Gasteiger partial charge on any atom is -0.379 e. The summed E-state index contributed by atoms with van der Waals surface area (Å²) in [4.78, 5) is 2.47. The van der Waals surface area contributed by atoms with E-state index < -0.39 is 0 Å². The molecule has 0 amide bonds. The summed E-state index contributed by atoms with van der Waals surface area (Å²) < 4.78 is 5.40. The molecule has 0 aromatic heterocycles. The average Bonchev–Trinajstić information content (AvgIpc) is 2.28. The second-order valence-electron chi connectivity index (χ2n) is 3.98. The zero-order valence-electron chi connectivity index (χ0n) is 10.7. The number of nitrogens with two attached hydrogens (primary N) is 1. The standard InChI is InChI=1S/C12H28N2O/c1-4-12(5-2)11-14(6-3)8-10-15-9-7-13/h12H,4-11,13H2,1-3H3. The van der Waals surface area contributed by atoms with Gasteiger partial charge in [0.2, 0.25) is 0 Å². The van der Waals surface area contributed by atoms with Crippen molar-refractivity contribution in [3.63, 3.8) is 0 Å². The van der Waals surface area contributed by atoms with Crippen molar-refractivity contribution in [1.82, 2.24) is 4.90 Å². The largest absolute Gasteiger partial charge is 0.379 e. The van der Waals surface area contributed by atoms with Crippen LogP contribution in [-0.2, 0) is 4.74 Å². The molecule has 3 nitrogen and oxygen atoms in total. The number of rotatable bonds is 10. The SMILES string of the molecule is CCC(CC)CN(CC)CCOCCN. The predicted molar refractivity (Wildman–Crippen MR) is 66.1 cm³/mol. The Balaban J connectivity index is 3.61. The Labute approximate surface area is 95.0 Å². The molecule has 0 aromatic rings. The van der Waals surface area contributed by atoms with Crippen LogP contribution in [0.15, 0.2) is 0 Å². The Bertz CT molecular complexity index is 127. The van der Waals surface area contributed by atoms with Crippen LogP contribution in [0.4, 0.5) is 0 Å². The maximum Gasteiger partial charge on any atom is 0.0594 e. The smallest absolute Gasteiger partial charge is 0.0594 e. The van der Waals surface area contributed by atoms with Crippen molar-refractivity contribution in [3.8, 4) is 0 Å². The first-order valence-corrected chi connectivity index (χ1v) is 6.28. The van der Waals surface area contributed by atoms with Crippen LogP contribution < -0.4 is 5.73 Å². The Morgan fingerprint density at radius 1 is 1.13 bits per heavy atom. The van der Waals surface area contributed by atoms with Gasteiger partial charge in [-0.05, 0) is 12.5 Å². The van der Waals surface area contributed by atoms with Gasteiger partial charge < -0.3 is 15.4 Å². The molecule has 0 aliphatic heterocycles. The molecule has 0 bridgehead atoms. The quantitative estimate of drug-likeness (QED) is 0.565. The van der Waals surface area contributed by atoms with Crippen LogP contribution in [-0.4, -0.2) is 44.3 Å². The van der Waals surface area contributed by atoms with Gasteiger partial charge >= 0.3 is 0 Å². The molecule has 2 N–H and O–H groups in total. The topological polar surface area (TPSA) is 38.5 Å². The maximum absolute atomic E-state index is 5.40. The van der Waals surface area contributed by atoms with Crippen molar-refractivity contribution in [2.24, 2.45) is 11.7 Å². The number of nitrogens with zero attached hydrogens (tertiary/aromatic N) is 1. The molecule has 0 atom stereocenters. The first kappa shape index (κ1) is 14.9. The molecule has 15 heavy (non-hydrogen) atoms. The zero-order valence-corrected chi connectivity index (χ0v) is 10.7. The lowest BCUT2D eigenvalue weighted by molar-refractivity contribution is 0.104. The van der Waals surface area contributed by atoms with Crippen LogP contribution in [0.5, 0.6) is 0 Å². The molecule has 0 aromatic carbocycles. The van der Waals surface area contributed by atoms with Gasteiger partial charge in [0.25, 0.3) is 0 Å². The highest BCUT2D eigenvalue weighted by Crippen LogP contribution is 2.09. The van der Waals surface area contributed by atoms with E-state index in [4.69, 9.17) is 10.5 Å². The molecule has 0 aliphatic rings. The Morgan fingerprint density at radius 3 is 2.27 bits per heavy atom. The summed E-state index contributed by atoms with van der Waals surface area (Å²) in [7, 11) is 0. The second kappa shape index (κ2) is 10.4. The Morgan fingerprint density at radius 2 is 1.80 bits per heavy atom. The summed E-state index contributed by atoms with van der Waals surface area (Å²) in [6.07, 6.45) is 2.55. The van der Waals surface area contributed by atoms with Gasteiger partial charge in [-0.25, -0.2) is 0 Å². The zero-order chi connectivity index (χ0) is 11.5. The molecule has 3 heteroatoms.